The lowest BCUT2D eigenvalue weighted by Crippen LogP contribution is -2.39. The number of nitro benzene ring substituents is 1. The van der Waals surface area contributed by atoms with Gasteiger partial charge in [-0.2, -0.15) is 5.01 Å². The maximum Gasteiger partial charge on any atom is 0.269 e. The molecule has 1 fully saturated rings. The Labute approximate surface area is 113 Å². The van der Waals surface area contributed by atoms with Gasteiger partial charge in [0.25, 0.3) is 17.5 Å². The first kappa shape index (κ1) is 13.7. The summed E-state index contributed by atoms with van der Waals surface area (Å²) in [6.45, 7) is 1.17. The van der Waals surface area contributed by atoms with Gasteiger partial charge in [0.05, 0.1) is 4.92 Å². The minimum absolute atomic E-state index is 0.0682. The van der Waals surface area contributed by atoms with Crippen LogP contribution in [0.1, 0.15) is 12.5 Å². The molecule has 1 atom stereocenters. The van der Waals surface area contributed by atoms with E-state index in [1.165, 1.54) is 31.2 Å². The molecule has 2 rings (SSSR count). The highest BCUT2D eigenvalue weighted by molar-refractivity contribution is 6.11. The predicted molar refractivity (Wildman–Crippen MR) is 66.0 cm³/mol. The maximum absolute atomic E-state index is 11.9. The third-order valence-corrected chi connectivity index (χ3v) is 2.96. The molecule has 1 aliphatic rings. The Balaban J connectivity index is 2.13. The minimum atomic E-state index is -0.986. The van der Waals surface area contributed by atoms with Gasteiger partial charge in [-0.3, -0.25) is 29.9 Å². The number of hydrogen-bond donors (Lipinski definition) is 1. The number of carbonyl (C=O) groups is 3. The average Bonchev–Trinajstić information content (AvgIpc) is 2.67. The quantitative estimate of drug-likeness (QED) is 0.481. The normalized spacial score (nSPS) is 18.1. The van der Waals surface area contributed by atoms with Crippen molar-refractivity contribution in [2.24, 2.45) is 5.92 Å². The number of carbonyl (C=O) groups excluding carboxylic acids is 3. The summed E-state index contributed by atoms with van der Waals surface area (Å²) in [5, 5.41) is 11.2. The molecule has 8 heteroatoms. The summed E-state index contributed by atoms with van der Waals surface area (Å²) >= 11 is 0. The monoisotopic (exact) mass is 277 g/mol. The molecule has 0 aliphatic carbocycles. The number of benzene rings is 1. The molecule has 1 N–H and O–H groups in total. The Kier molecular flexibility index (Phi) is 3.47. The lowest BCUT2D eigenvalue weighted by Gasteiger charge is -2.09. The number of amides is 3. The number of nitrogens with one attached hydrogen (secondary N) is 1. The van der Waals surface area contributed by atoms with E-state index in [4.69, 9.17) is 0 Å². The van der Waals surface area contributed by atoms with E-state index in [1.807, 2.05) is 0 Å². The summed E-state index contributed by atoms with van der Waals surface area (Å²) in [7, 11) is 0. The highest BCUT2D eigenvalue weighted by Crippen LogP contribution is 2.19. The van der Waals surface area contributed by atoms with Gasteiger partial charge in [-0.05, 0) is 12.0 Å². The van der Waals surface area contributed by atoms with Crippen molar-refractivity contribution >= 4 is 23.4 Å². The predicted octanol–water partition coefficient (Wildman–Crippen LogP) is 0.173. The lowest BCUT2D eigenvalue weighted by molar-refractivity contribution is -0.384. The molecule has 1 unspecified atom stereocenters. The van der Waals surface area contributed by atoms with Gasteiger partial charge in [0.15, 0.2) is 0 Å². The highest BCUT2D eigenvalue weighted by atomic mass is 16.6. The van der Waals surface area contributed by atoms with Crippen molar-refractivity contribution < 1.29 is 19.3 Å². The van der Waals surface area contributed by atoms with Crippen LogP contribution in [0.4, 0.5) is 5.69 Å². The summed E-state index contributed by atoms with van der Waals surface area (Å²) in [6.07, 6.45) is 0.0897. The molecule has 0 radical (unpaired) electrons. The van der Waals surface area contributed by atoms with Crippen molar-refractivity contribution in [2.45, 2.75) is 13.3 Å². The number of imide groups is 1. The minimum Gasteiger partial charge on any atom is -0.273 e. The van der Waals surface area contributed by atoms with E-state index in [2.05, 4.69) is 5.43 Å². The first-order valence-electron chi connectivity index (χ1n) is 5.78. The van der Waals surface area contributed by atoms with E-state index in [0.29, 0.717) is 10.6 Å². The van der Waals surface area contributed by atoms with Crippen molar-refractivity contribution in [1.29, 1.82) is 0 Å². The van der Waals surface area contributed by atoms with E-state index in [9.17, 15) is 24.5 Å². The van der Waals surface area contributed by atoms with Crippen LogP contribution in [0.5, 0.6) is 0 Å². The Morgan fingerprint density at radius 3 is 2.40 bits per heavy atom. The summed E-state index contributed by atoms with van der Waals surface area (Å²) in [4.78, 5) is 44.6. The van der Waals surface area contributed by atoms with Crippen molar-refractivity contribution in [2.75, 3.05) is 0 Å². The van der Waals surface area contributed by atoms with Crippen LogP contribution < -0.4 is 5.43 Å². The summed E-state index contributed by atoms with van der Waals surface area (Å²) in [5.41, 5.74) is 2.73. The highest BCUT2D eigenvalue weighted by Gasteiger charge is 2.41. The largest absolute Gasteiger partial charge is 0.273 e. The van der Waals surface area contributed by atoms with E-state index in [0.717, 1.165) is 0 Å². The van der Waals surface area contributed by atoms with Gasteiger partial charge >= 0.3 is 0 Å². The van der Waals surface area contributed by atoms with Crippen molar-refractivity contribution in [3.05, 3.63) is 39.9 Å². The lowest BCUT2D eigenvalue weighted by atomic mass is 9.99. The number of nitrogens with zero attached hydrogens (tertiary/aromatic N) is 2. The van der Waals surface area contributed by atoms with Crippen LogP contribution in [-0.4, -0.2) is 27.7 Å². The van der Waals surface area contributed by atoms with Gasteiger partial charge in [0, 0.05) is 19.1 Å². The number of nitro groups is 1. The van der Waals surface area contributed by atoms with Crippen LogP contribution in [0.15, 0.2) is 24.3 Å². The molecular formula is C12H11N3O5. The molecule has 104 valence electrons. The summed E-state index contributed by atoms with van der Waals surface area (Å²) in [5.74, 6) is -2.71. The van der Waals surface area contributed by atoms with Crippen LogP contribution >= 0.6 is 0 Å². The van der Waals surface area contributed by atoms with Gasteiger partial charge in [-0.15, -0.1) is 0 Å². The second-order valence-electron chi connectivity index (χ2n) is 4.35. The molecule has 0 aromatic heterocycles. The molecule has 1 heterocycles. The fourth-order valence-electron chi connectivity index (χ4n) is 1.91. The molecule has 0 saturated carbocycles. The molecule has 1 aromatic carbocycles. The topological polar surface area (TPSA) is 110 Å². The van der Waals surface area contributed by atoms with E-state index >= 15 is 0 Å². The number of hydrazine groups is 1. The van der Waals surface area contributed by atoms with Gasteiger partial charge < -0.3 is 0 Å². The zero-order chi connectivity index (χ0) is 14.9. The first-order valence-corrected chi connectivity index (χ1v) is 5.78. The van der Waals surface area contributed by atoms with Crippen LogP contribution in [0.2, 0.25) is 0 Å². The average molecular weight is 277 g/mol. The Morgan fingerprint density at radius 1 is 1.35 bits per heavy atom. The molecule has 1 saturated heterocycles. The molecule has 20 heavy (non-hydrogen) atoms. The van der Waals surface area contributed by atoms with Crippen LogP contribution in [0.3, 0.4) is 0 Å². The molecule has 3 amide bonds. The Hall–Kier alpha value is -2.77. The molecule has 0 bridgehead atoms. The van der Waals surface area contributed by atoms with E-state index < -0.39 is 28.6 Å². The SMILES string of the molecule is CC(=O)N1NC(=O)C(Cc2ccc([N+](=O)[O-])cc2)C1=O. The van der Waals surface area contributed by atoms with Crippen LogP contribution in [-0.2, 0) is 20.8 Å². The number of hydrogen-bond acceptors (Lipinski definition) is 5. The van der Waals surface area contributed by atoms with E-state index in [1.54, 1.807) is 0 Å². The maximum atomic E-state index is 11.9. The number of rotatable bonds is 3. The van der Waals surface area contributed by atoms with Crippen molar-refractivity contribution in [3.8, 4) is 0 Å². The van der Waals surface area contributed by atoms with Crippen LogP contribution in [0.25, 0.3) is 0 Å². The summed E-state index contributed by atoms with van der Waals surface area (Å²) < 4.78 is 0. The third-order valence-electron chi connectivity index (χ3n) is 2.96. The molecule has 1 aliphatic heterocycles. The Bertz CT molecular complexity index is 596. The van der Waals surface area contributed by atoms with Gasteiger partial charge in [-0.1, -0.05) is 12.1 Å². The fraction of sp³-hybridized carbons (Fsp3) is 0.250. The van der Waals surface area contributed by atoms with Crippen molar-refractivity contribution in [1.82, 2.24) is 10.4 Å². The number of non-ortho nitro benzene ring substituents is 1. The molecule has 1 aromatic rings. The summed E-state index contributed by atoms with van der Waals surface area (Å²) in [6, 6.07) is 5.56. The smallest absolute Gasteiger partial charge is 0.269 e. The standard InChI is InChI=1S/C12H11N3O5/c1-7(16)14-12(18)10(11(17)13-14)6-8-2-4-9(5-3-8)15(19)20/h2-5,10H,6H2,1H3,(H,13,17). The van der Waals surface area contributed by atoms with E-state index in [-0.39, 0.29) is 12.1 Å². The molecule has 0 spiro atoms. The first-order chi connectivity index (χ1) is 9.40. The second-order valence-corrected chi connectivity index (χ2v) is 4.35. The molecule has 8 nitrogen and oxygen atoms in total. The molecular weight excluding hydrogens is 266 g/mol. The fourth-order valence-corrected chi connectivity index (χ4v) is 1.91. The second kappa shape index (κ2) is 5.08. The van der Waals surface area contributed by atoms with Crippen LogP contribution in [0, 0.1) is 16.0 Å². The van der Waals surface area contributed by atoms with Gasteiger partial charge in [0.1, 0.15) is 5.92 Å². The zero-order valence-electron chi connectivity index (χ0n) is 10.5. The third kappa shape index (κ3) is 2.48. The van der Waals surface area contributed by atoms with Crippen molar-refractivity contribution in [3.63, 3.8) is 0 Å². The Morgan fingerprint density at radius 2 is 1.95 bits per heavy atom. The van der Waals surface area contributed by atoms with Gasteiger partial charge in [-0.25, -0.2) is 0 Å². The zero-order valence-corrected chi connectivity index (χ0v) is 10.5. The van der Waals surface area contributed by atoms with Gasteiger partial charge in [0.2, 0.25) is 5.91 Å².